The molecule has 2 heterocycles. The largest absolute Gasteiger partial charge is 0.353 e. The predicted molar refractivity (Wildman–Crippen MR) is 102 cm³/mol. The highest BCUT2D eigenvalue weighted by Gasteiger charge is 2.28. The normalized spacial score (nSPS) is 18.0. The van der Waals surface area contributed by atoms with E-state index in [9.17, 15) is 4.79 Å². The average Bonchev–Trinajstić information content (AvgIpc) is 3.52. The van der Waals surface area contributed by atoms with Gasteiger partial charge in [0.1, 0.15) is 11.4 Å². The number of piperazine rings is 1. The maximum Gasteiger partial charge on any atom is 0.256 e. The molecule has 0 spiro atoms. The molecule has 4 rings (SSSR count). The van der Waals surface area contributed by atoms with E-state index < -0.39 is 0 Å². The van der Waals surface area contributed by atoms with Gasteiger partial charge in [0.05, 0.1) is 0 Å². The lowest BCUT2D eigenvalue weighted by atomic mass is 10.2. The van der Waals surface area contributed by atoms with Crippen LogP contribution in [0, 0.1) is 0 Å². The molecule has 0 bridgehead atoms. The minimum Gasteiger partial charge on any atom is -0.353 e. The van der Waals surface area contributed by atoms with Crippen LogP contribution in [0.5, 0.6) is 0 Å². The van der Waals surface area contributed by atoms with Crippen molar-refractivity contribution in [3.63, 3.8) is 0 Å². The fourth-order valence-corrected chi connectivity index (χ4v) is 3.27. The van der Waals surface area contributed by atoms with Gasteiger partial charge in [-0.05, 0) is 19.4 Å². The lowest BCUT2D eigenvalue weighted by Gasteiger charge is -2.35. The first-order chi connectivity index (χ1) is 12.7. The lowest BCUT2D eigenvalue weighted by Crippen LogP contribution is -2.47. The first-order valence-electron chi connectivity index (χ1n) is 9.45. The maximum absolute atomic E-state index is 12.7. The van der Waals surface area contributed by atoms with Crippen LogP contribution in [0.4, 0.5) is 5.82 Å². The predicted octanol–water partition coefficient (Wildman–Crippen LogP) is 2.18. The molecule has 6 heteroatoms. The van der Waals surface area contributed by atoms with E-state index in [1.54, 1.807) is 6.20 Å². The first-order valence-corrected chi connectivity index (χ1v) is 9.45. The van der Waals surface area contributed by atoms with Gasteiger partial charge in [0, 0.05) is 44.0 Å². The lowest BCUT2D eigenvalue weighted by molar-refractivity contribution is 0.0950. The van der Waals surface area contributed by atoms with Crippen molar-refractivity contribution in [2.75, 3.05) is 37.6 Å². The van der Waals surface area contributed by atoms with Crippen LogP contribution in [-0.4, -0.2) is 59.5 Å². The van der Waals surface area contributed by atoms with Gasteiger partial charge in [-0.1, -0.05) is 37.3 Å². The molecule has 1 saturated carbocycles. The summed E-state index contributed by atoms with van der Waals surface area (Å²) in [6.45, 7) is 6.98. The summed E-state index contributed by atoms with van der Waals surface area (Å²) in [5, 5.41) is 3.07. The molecule has 0 atom stereocenters. The highest BCUT2D eigenvalue weighted by atomic mass is 16.1. The van der Waals surface area contributed by atoms with Crippen LogP contribution in [0.3, 0.4) is 0 Å². The number of amides is 1. The SMILES string of the molecule is CCN1CCN(c2nc(-c3ccccc3)ncc2C(=O)NC2CC2)CC1. The molecule has 1 aromatic carbocycles. The van der Waals surface area contributed by atoms with Gasteiger partial charge in [0.2, 0.25) is 0 Å². The molecule has 2 fully saturated rings. The van der Waals surface area contributed by atoms with E-state index in [0.29, 0.717) is 17.4 Å². The zero-order valence-corrected chi connectivity index (χ0v) is 15.2. The second-order valence-electron chi connectivity index (χ2n) is 6.97. The maximum atomic E-state index is 12.7. The number of anilines is 1. The highest BCUT2D eigenvalue weighted by Crippen LogP contribution is 2.25. The fraction of sp³-hybridized carbons (Fsp3) is 0.450. The molecule has 2 aromatic rings. The smallest absolute Gasteiger partial charge is 0.256 e. The number of benzene rings is 1. The van der Waals surface area contributed by atoms with Crippen molar-refractivity contribution < 1.29 is 4.79 Å². The van der Waals surface area contributed by atoms with Crippen LogP contribution < -0.4 is 10.2 Å². The van der Waals surface area contributed by atoms with Crippen molar-refractivity contribution in [1.82, 2.24) is 20.2 Å². The van der Waals surface area contributed by atoms with E-state index >= 15 is 0 Å². The molecule has 0 unspecified atom stereocenters. The third kappa shape index (κ3) is 3.70. The number of nitrogens with one attached hydrogen (secondary N) is 1. The molecule has 1 saturated heterocycles. The van der Waals surface area contributed by atoms with E-state index in [1.165, 1.54) is 0 Å². The van der Waals surface area contributed by atoms with Gasteiger partial charge < -0.3 is 15.1 Å². The molecule has 26 heavy (non-hydrogen) atoms. The number of nitrogens with zero attached hydrogens (tertiary/aromatic N) is 4. The van der Waals surface area contributed by atoms with Crippen LogP contribution in [0.15, 0.2) is 36.5 Å². The van der Waals surface area contributed by atoms with E-state index in [2.05, 4.69) is 27.0 Å². The van der Waals surface area contributed by atoms with Gasteiger partial charge >= 0.3 is 0 Å². The Morgan fingerprint density at radius 3 is 2.54 bits per heavy atom. The topological polar surface area (TPSA) is 61.4 Å². The quantitative estimate of drug-likeness (QED) is 0.895. The van der Waals surface area contributed by atoms with Gasteiger partial charge in [0.25, 0.3) is 5.91 Å². The van der Waals surface area contributed by atoms with Crippen molar-refractivity contribution in [2.45, 2.75) is 25.8 Å². The van der Waals surface area contributed by atoms with Crippen molar-refractivity contribution in [3.8, 4) is 11.4 Å². The van der Waals surface area contributed by atoms with E-state index in [1.807, 2.05) is 30.3 Å². The Morgan fingerprint density at radius 1 is 1.15 bits per heavy atom. The fourth-order valence-electron chi connectivity index (χ4n) is 3.27. The average molecular weight is 351 g/mol. The van der Waals surface area contributed by atoms with Crippen LogP contribution in [-0.2, 0) is 0 Å². The third-order valence-electron chi connectivity index (χ3n) is 5.08. The van der Waals surface area contributed by atoms with Crippen molar-refractivity contribution >= 4 is 11.7 Å². The van der Waals surface area contributed by atoms with E-state index in [0.717, 1.165) is 56.9 Å². The molecule has 1 aliphatic carbocycles. The van der Waals surface area contributed by atoms with E-state index in [-0.39, 0.29) is 5.91 Å². The first kappa shape index (κ1) is 17.0. The zero-order chi connectivity index (χ0) is 17.9. The number of likely N-dealkylation sites (N-methyl/N-ethyl adjacent to an activating group) is 1. The molecule has 1 amide bonds. The van der Waals surface area contributed by atoms with Gasteiger partial charge in [-0.2, -0.15) is 0 Å². The Bertz CT molecular complexity index is 767. The van der Waals surface area contributed by atoms with Crippen LogP contribution in [0.25, 0.3) is 11.4 Å². The third-order valence-corrected chi connectivity index (χ3v) is 5.08. The van der Waals surface area contributed by atoms with Gasteiger partial charge in [-0.3, -0.25) is 4.79 Å². The Morgan fingerprint density at radius 2 is 1.88 bits per heavy atom. The number of hydrogen-bond acceptors (Lipinski definition) is 5. The summed E-state index contributed by atoms with van der Waals surface area (Å²) in [7, 11) is 0. The monoisotopic (exact) mass is 351 g/mol. The Hall–Kier alpha value is -2.47. The molecule has 0 radical (unpaired) electrons. The molecule has 136 valence electrons. The molecule has 6 nitrogen and oxygen atoms in total. The van der Waals surface area contributed by atoms with E-state index in [4.69, 9.17) is 4.98 Å². The molecule has 2 aliphatic rings. The Labute approximate surface area is 154 Å². The Kier molecular flexibility index (Phi) is 4.84. The summed E-state index contributed by atoms with van der Waals surface area (Å²) in [4.78, 5) is 26.6. The molecular weight excluding hydrogens is 326 g/mol. The summed E-state index contributed by atoms with van der Waals surface area (Å²) < 4.78 is 0. The number of aromatic nitrogens is 2. The van der Waals surface area contributed by atoms with Crippen LogP contribution in [0.2, 0.25) is 0 Å². The van der Waals surface area contributed by atoms with Crippen molar-refractivity contribution in [1.29, 1.82) is 0 Å². The summed E-state index contributed by atoms with van der Waals surface area (Å²) in [6, 6.07) is 10.3. The van der Waals surface area contributed by atoms with Gasteiger partial charge in [-0.15, -0.1) is 0 Å². The number of rotatable bonds is 5. The molecule has 1 aromatic heterocycles. The highest BCUT2D eigenvalue weighted by molar-refractivity contribution is 5.99. The van der Waals surface area contributed by atoms with Crippen molar-refractivity contribution in [2.24, 2.45) is 0 Å². The van der Waals surface area contributed by atoms with Crippen molar-refractivity contribution in [3.05, 3.63) is 42.1 Å². The van der Waals surface area contributed by atoms with Gasteiger partial charge in [0.15, 0.2) is 5.82 Å². The number of hydrogen-bond donors (Lipinski definition) is 1. The minimum absolute atomic E-state index is 0.0555. The molecule has 1 aliphatic heterocycles. The molecular formula is C20H25N5O. The number of carbonyl (C=O) groups excluding carboxylic acids is 1. The summed E-state index contributed by atoms with van der Waals surface area (Å²) in [5.41, 5.74) is 1.55. The number of carbonyl (C=O) groups is 1. The van der Waals surface area contributed by atoms with Gasteiger partial charge in [-0.25, -0.2) is 9.97 Å². The van der Waals surface area contributed by atoms with Crippen LogP contribution >= 0.6 is 0 Å². The second-order valence-corrected chi connectivity index (χ2v) is 6.97. The second kappa shape index (κ2) is 7.41. The Balaban J connectivity index is 1.65. The standard InChI is InChI=1S/C20H25N5O/c1-2-24-10-12-25(13-11-24)19-17(20(26)22-16-8-9-16)14-21-18(23-19)15-6-4-3-5-7-15/h3-7,14,16H,2,8-13H2,1H3,(H,22,26). The zero-order valence-electron chi connectivity index (χ0n) is 15.2. The molecule has 1 N–H and O–H groups in total. The van der Waals surface area contributed by atoms with Crippen LogP contribution in [0.1, 0.15) is 30.1 Å². The minimum atomic E-state index is -0.0555. The summed E-state index contributed by atoms with van der Waals surface area (Å²) in [6.07, 6.45) is 3.83. The summed E-state index contributed by atoms with van der Waals surface area (Å²) in [5.74, 6) is 1.37. The summed E-state index contributed by atoms with van der Waals surface area (Å²) >= 11 is 0.